The fourth-order valence-corrected chi connectivity index (χ4v) is 3.79. The molecule has 2 rings (SSSR count). The number of carboxylic acids is 1. The Hall–Kier alpha value is -0.870. The normalized spacial score (nSPS) is 18.6. The first-order valence-electron chi connectivity index (χ1n) is 7.13. The van der Waals surface area contributed by atoms with Gasteiger partial charge < -0.3 is 5.11 Å². The molecule has 1 saturated carbocycles. The standard InChI is InChI=1S/C15H23NO2S/c1-16(12-6-3-2-4-7-12)13(11-15(17)18)10-14-8-5-9-19-14/h5,8-9,12-13H,2-4,6-7,10-11H2,1H3,(H,17,18). The van der Waals surface area contributed by atoms with Crippen LogP contribution in [0.2, 0.25) is 0 Å². The zero-order chi connectivity index (χ0) is 13.7. The largest absolute Gasteiger partial charge is 0.481 e. The number of carboxylic acid groups (broad SMARTS) is 1. The van der Waals surface area contributed by atoms with Crippen molar-refractivity contribution in [1.29, 1.82) is 0 Å². The van der Waals surface area contributed by atoms with E-state index >= 15 is 0 Å². The van der Waals surface area contributed by atoms with Crippen molar-refractivity contribution in [3.63, 3.8) is 0 Å². The molecule has 106 valence electrons. The SMILES string of the molecule is CN(C1CCCCC1)C(CC(=O)O)Cc1cccs1. The van der Waals surface area contributed by atoms with E-state index in [1.54, 1.807) is 11.3 Å². The van der Waals surface area contributed by atoms with Crippen molar-refractivity contribution in [3.8, 4) is 0 Å². The molecule has 0 bridgehead atoms. The number of nitrogens with zero attached hydrogens (tertiary/aromatic N) is 1. The summed E-state index contributed by atoms with van der Waals surface area (Å²) in [5.74, 6) is -0.691. The minimum absolute atomic E-state index is 0.124. The molecule has 0 aliphatic heterocycles. The smallest absolute Gasteiger partial charge is 0.304 e. The Morgan fingerprint density at radius 3 is 2.79 bits per heavy atom. The molecule has 1 fully saturated rings. The summed E-state index contributed by atoms with van der Waals surface area (Å²) in [6, 6.07) is 4.84. The Kier molecular flexibility index (Phi) is 5.40. The van der Waals surface area contributed by atoms with Crippen molar-refractivity contribution in [2.24, 2.45) is 0 Å². The van der Waals surface area contributed by atoms with Crippen molar-refractivity contribution in [2.75, 3.05) is 7.05 Å². The van der Waals surface area contributed by atoms with Gasteiger partial charge in [0.1, 0.15) is 0 Å². The summed E-state index contributed by atoms with van der Waals surface area (Å²) in [6.45, 7) is 0. The fourth-order valence-electron chi connectivity index (χ4n) is 3.01. The van der Waals surface area contributed by atoms with Gasteiger partial charge >= 0.3 is 5.97 Å². The van der Waals surface area contributed by atoms with Gasteiger partial charge in [-0.25, -0.2) is 0 Å². The minimum Gasteiger partial charge on any atom is -0.481 e. The molecule has 3 nitrogen and oxygen atoms in total. The lowest BCUT2D eigenvalue weighted by molar-refractivity contribution is -0.138. The second-order valence-corrected chi connectivity index (χ2v) is 6.52. The van der Waals surface area contributed by atoms with Gasteiger partial charge in [-0.05, 0) is 37.8 Å². The second kappa shape index (κ2) is 7.06. The fraction of sp³-hybridized carbons (Fsp3) is 0.667. The van der Waals surface area contributed by atoms with Crippen LogP contribution in [-0.4, -0.2) is 35.1 Å². The molecule has 4 heteroatoms. The summed E-state index contributed by atoms with van der Waals surface area (Å²) in [6.07, 6.45) is 7.44. The van der Waals surface area contributed by atoms with Crippen LogP contribution in [-0.2, 0) is 11.2 Å². The van der Waals surface area contributed by atoms with Crippen molar-refractivity contribution in [1.82, 2.24) is 4.90 Å². The molecule has 1 aromatic rings. The molecule has 1 N–H and O–H groups in total. The van der Waals surface area contributed by atoms with Gasteiger partial charge in [-0.1, -0.05) is 25.3 Å². The van der Waals surface area contributed by atoms with Crippen LogP contribution in [0, 0.1) is 0 Å². The van der Waals surface area contributed by atoms with E-state index in [9.17, 15) is 4.79 Å². The van der Waals surface area contributed by atoms with E-state index in [-0.39, 0.29) is 12.5 Å². The lowest BCUT2D eigenvalue weighted by Crippen LogP contribution is -2.43. The lowest BCUT2D eigenvalue weighted by Gasteiger charge is -2.36. The lowest BCUT2D eigenvalue weighted by atomic mass is 9.92. The first kappa shape index (κ1) is 14.5. The van der Waals surface area contributed by atoms with Crippen molar-refractivity contribution in [3.05, 3.63) is 22.4 Å². The van der Waals surface area contributed by atoms with Gasteiger partial charge in [-0.2, -0.15) is 0 Å². The van der Waals surface area contributed by atoms with Crippen LogP contribution in [0.4, 0.5) is 0 Å². The van der Waals surface area contributed by atoms with E-state index in [4.69, 9.17) is 5.11 Å². The molecular formula is C15H23NO2S. The Labute approximate surface area is 119 Å². The summed E-state index contributed by atoms with van der Waals surface area (Å²) < 4.78 is 0. The third kappa shape index (κ3) is 4.32. The highest BCUT2D eigenvalue weighted by atomic mass is 32.1. The first-order valence-corrected chi connectivity index (χ1v) is 8.01. The monoisotopic (exact) mass is 281 g/mol. The molecule has 0 spiro atoms. The zero-order valence-corrected chi connectivity index (χ0v) is 12.4. The maximum Gasteiger partial charge on any atom is 0.304 e. The number of aliphatic carboxylic acids is 1. The van der Waals surface area contributed by atoms with Gasteiger partial charge in [0.25, 0.3) is 0 Å². The van der Waals surface area contributed by atoms with E-state index in [2.05, 4.69) is 23.4 Å². The molecule has 1 aliphatic carbocycles. The first-order chi connectivity index (χ1) is 9.16. The molecule has 1 atom stereocenters. The van der Waals surface area contributed by atoms with Crippen LogP contribution in [0.1, 0.15) is 43.4 Å². The summed E-state index contributed by atoms with van der Waals surface area (Å²) in [4.78, 5) is 14.7. The quantitative estimate of drug-likeness (QED) is 0.869. The van der Waals surface area contributed by atoms with Crippen LogP contribution in [0.3, 0.4) is 0 Å². The van der Waals surface area contributed by atoms with E-state index in [0.29, 0.717) is 6.04 Å². The molecule has 19 heavy (non-hydrogen) atoms. The van der Waals surface area contributed by atoms with E-state index in [1.807, 2.05) is 6.07 Å². The Bertz CT molecular complexity index is 385. The van der Waals surface area contributed by atoms with E-state index in [0.717, 1.165) is 6.42 Å². The topological polar surface area (TPSA) is 40.5 Å². The van der Waals surface area contributed by atoms with Crippen molar-refractivity contribution >= 4 is 17.3 Å². The maximum atomic E-state index is 11.1. The number of likely N-dealkylation sites (N-methyl/N-ethyl adjacent to an activating group) is 1. The number of thiophene rings is 1. The highest BCUT2D eigenvalue weighted by molar-refractivity contribution is 7.09. The van der Waals surface area contributed by atoms with Crippen LogP contribution in [0.5, 0.6) is 0 Å². The van der Waals surface area contributed by atoms with Crippen LogP contribution >= 0.6 is 11.3 Å². The number of hydrogen-bond acceptors (Lipinski definition) is 3. The minimum atomic E-state index is -0.691. The Balaban J connectivity index is 2.00. The predicted molar refractivity (Wildman–Crippen MR) is 78.7 cm³/mol. The molecule has 1 heterocycles. The third-order valence-corrected chi connectivity index (χ3v) is 5.05. The number of rotatable bonds is 6. The number of carbonyl (C=O) groups is 1. The summed E-state index contributed by atoms with van der Waals surface area (Å²) in [5, 5.41) is 11.2. The van der Waals surface area contributed by atoms with Crippen molar-refractivity contribution in [2.45, 2.75) is 57.0 Å². The molecule has 1 aliphatic rings. The summed E-state index contributed by atoms with van der Waals surface area (Å²) >= 11 is 1.72. The van der Waals surface area contributed by atoms with Gasteiger partial charge in [0.2, 0.25) is 0 Å². The van der Waals surface area contributed by atoms with Gasteiger partial charge in [0.15, 0.2) is 0 Å². The molecular weight excluding hydrogens is 258 g/mol. The predicted octanol–water partition coefficient (Wildman–Crippen LogP) is 3.40. The maximum absolute atomic E-state index is 11.1. The molecule has 1 aromatic heterocycles. The van der Waals surface area contributed by atoms with Crippen LogP contribution in [0.15, 0.2) is 17.5 Å². The average molecular weight is 281 g/mol. The van der Waals surface area contributed by atoms with Crippen LogP contribution < -0.4 is 0 Å². The van der Waals surface area contributed by atoms with Crippen molar-refractivity contribution < 1.29 is 9.90 Å². The second-order valence-electron chi connectivity index (χ2n) is 5.49. The summed E-state index contributed by atoms with van der Waals surface area (Å²) in [5.41, 5.74) is 0. The van der Waals surface area contributed by atoms with Gasteiger partial charge in [-0.3, -0.25) is 9.69 Å². The van der Waals surface area contributed by atoms with Gasteiger partial charge in [0.05, 0.1) is 6.42 Å². The van der Waals surface area contributed by atoms with E-state index < -0.39 is 5.97 Å². The Morgan fingerprint density at radius 2 is 2.21 bits per heavy atom. The summed E-state index contributed by atoms with van der Waals surface area (Å²) in [7, 11) is 2.11. The average Bonchev–Trinajstić information content (AvgIpc) is 2.90. The highest BCUT2D eigenvalue weighted by Gasteiger charge is 2.26. The molecule has 0 radical (unpaired) electrons. The van der Waals surface area contributed by atoms with Crippen LogP contribution in [0.25, 0.3) is 0 Å². The van der Waals surface area contributed by atoms with Gasteiger partial charge in [-0.15, -0.1) is 11.3 Å². The molecule has 1 unspecified atom stereocenters. The zero-order valence-electron chi connectivity index (χ0n) is 11.5. The third-order valence-electron chi connectivity index (χ3n) is 4.15. The Morgan fingerprint density at radius 1 is 1.47 bits per heavy atom. The molecule has 0 aromatic carbocycles. The molecule has 0 saturated heterocycles. The van der Waals surface area contributed by atoms with E-state index in [1.165, 1.54) is 37.0 Å². The molecule has 0 amide bonds. The highest BCUT2D eigenvalue weighted by Crippen LogP contribution is 2.25. The van der Waals surface area contributed by atoms with Gasteiger partial charge in [0, 0.05) is 17.0 Å². The number of hydrogen-bond donors (Lipinski definition) is 1.